The number of nitrogens with zero attached hydrogens (tertiary/aromatic N) is 1. The lowest BCUT2D eigenvalue weighted by Crippen LogP contribution is -2.42. The molecule has 1 atom stereocenters. The molecule has 25 heavy (non-hydrogen) atoms. The minimum absolute atomic E-state index is 0.0295. The van der Waals surface area contributed by atoms with E-state index >= 15 is 0 Å². The third-order valence-corrected chi connectivity index (χ3v) is 4.30. The molecule has 2 aromatic rings. The number of carbonyl (C=O) groups excluding carboxylic acids is 2. The fourth-order valence-corrected chi connectivity index (χ4v) is 3.09. The molecule has 0 aromatic heterocycles. The number of hydrogen-bond donors (Lipinski definition) is 2. The third-order valence-electron chi connectivity index (χ3n) is 3.99. The van der Waals surface area contributed by atoms with Gasteiger partial charge in [-0.05, 0) is 37.3 Å². The predicted molar refractivity (Wildman–Crippen MR) is 96.5 cm³/mol. The van der Waals surface area contributed by atoms with E-state index in [1.807, 2.05) is 13.0 Å². The first-order valence-corrected chi connectivity index (χ1v) is 8.23. The second kappa shape index (κ2) is 7.11. The highest BCUT2D eigenvalue weighted by Crippen LogP contribution is 2.31. The molecule has 0 unspecified atom stereocenters. The van der Waals surface area contributed by atoms with Crippen molar-refractivity contribution >= 4 is 40.5 Å². The number of halogens is 2. The minimum Gasteiger partial charge on any atom is -0.375 e. The summed E-state index contributed by atoms with van der Waals surface area (Å²) in [6, 6.07) is 10.8. The number of rotatable bonds is 3. The van der Waals surface area contributed by atoms with Crippen molar-refractivity contribution in [3.8, 4) is 0 Å². The van der Waals surface area contributed by atoms with Gasteiger partial charge in [0.25, 0.3) is 0 Å². The van der Waals surface area contributed by atoms with E-state index < -0.39 is 5.82 Å². The van der Waals surface area contributed by atoms with Crippen LogP contribution >= 0.6 is 11.6 Å². The lowest BCUT2D eigenvalue weighted by molar-refractivity contribution is -0.118. The van der Waals surface area contributed by atoms with Gasteiger partial charge in [0.2, 0.25) is 11.8 Å². The van der Waals surface area contributed by atoms with E-state index in [9.17, 15) is 14.0 Å². The van der Waals surface area contributed by atoms with Crippen LogP contribution in [0.4, 0.5) is 21.5 Å². The molecule has 130 valence electrons. The van der Waals surface area contributed by atoms with E-state index in [4.69, 9.17) is 11.6 Å². The Labute approximate surface area is 149 Å². The van der Waals surface area contributed by atoms with Crippen LogP contribution in [-0.2, 0) is 9.59 Å². The second-order valence-corrected chi connectivity index (χ2v) is 6.27. The average Bonchev–Trinajstić information content (AvgIpc) is 2.68. The smallest absolute Gasteiger partial charge is 0.246 e. The molecule has 0 bridgehead atoms. The van der Waals surface area contributed by atoms with Gasteiger partial charge in [0.05, 0.1) is 28.6 Å². The molecule has 0 spiro atoms. The zero-order valence-corrected chi connectivity index (χ0v) is 14.3. The first-order chi connectivity index (χ1) is 12.0. The highest BCUT2D eigenvalue weighted by atomic mass is 35.5. The Hall–Kier alpha value is -2.60. The summed E-state index contributed by atoms with van der Waals surface area (Å²) in [5, 5.41) is 5.94. The summed E-state index contributed by atoms with van der Waals surface area (Å²) in [6.45, 7) is 1.79. The van der Waals surface area contributed by atoms with Crippen LogP contribution in [0.15, 0.2) is 42.5 Å². The maximum absolute atomic E-state index is 13.1. The Morgan fingerprint density at radius 2 is 2.12 bits per heavy atom. The first kappa shape index (κ1) is 17.2. The molecule has 0 saturated heterocycles. The Morgan fingerprint density at radius 3 is 2.88 bits per heavy atom. The van der Waals surface area contributed by atoms with Crippen molar-refractivity contribution < 1.29 is 14.0 Å². The van der Waals surface area contributed by atoms with Gasteiger partial charge >= 0.3 is 0 Å². The maximum atomic E-state index is 13.1. The van der Waals surface area contributed by atoms with Gasteiger partial charge in [0.15, 0.2) is 0 Å². The summed E-state index contributed by atoms with van der Waals surface area (Å²) in [5.41, 5.74) is 1.73. The number of hydrogen-bond acceptors (Lipinski definition) is 3. The topological polar surface area (TPSA) is 61.4 Å². The zero-order valence-electron chi connectivity index (χ0n) is 13.6. The summed E-state index contributed by atoms with van der Waals surface area (Å²) in [4.78, 5) is 26.3. The molecule has 2 aromatic carbocycles. The summed E-state index contributed by atoms with van der Waals surface area (Å²) >= 11 is 5.97. The van der Waals surface area contributed by atoms with Crippen molar-refractivity contribution in [2.75, 3.05) is 22.1 Å². The zero-order chi connectivity index (χ0) is 18.0. The highest BCUT2D eigenvalue weighted by Gasteiger charge is 2.29. The Kier molecular flexibility index (Phi) is 4.90. The van der Waals surface area contributed by atoms with E-state index in [-0.39, 0.29) is 35.8 Å². The normalized spacial score (nSPS) is 16.7. The molecule has 5 nitrogen and oxygen atoms in total. The van der Waals surface area contributed by atoms with E-state index in [0.717, 1.165) is 0 Å². The molecule has 7 heteroatoms. The molecule has 2 N–H and O–H groups in total. The van der Waals surface area contributed by atoms with Crippen molar-refractivity contribution in [1.29, 1.82) is 0 Å². The minimum atomic E-state index is -0.443. The molecule has 2 amide bonds. The van der Waals surface area contributed by atoms with Gasteiger partial charge in [-0.15, -0.1) is 0 Å². The van der Waals surface area contributed by atoms with Crippen molar-refractivity contribution in [2.45, 2.75) is 19.4 Å². The maximum Gasteiger partial charge on any atom is 0.246 e. The first-order valence-electron chi connectivity index (χ1n) is 7.85. The van der Waals surface area contributed by atoms with Crippen LogP contribution in [0.2, 0.25) is 5.02 Å². The van der Waals surface area contributed by atoms with E-state index in [0.29, 0.717) is 17.1 Å². The number of para-hydroxylation sites is 2. The Balaban J connectivity index is 1.81. The van der Waals surface area contributed by atoms with Gasteiger partial charge in [-0.3, -0.25) is 9.59 Å². The number of carbonyl (C=O) groups is 2. The lowest BCUT2D eigenvalue weighted by atomic mass is 10.1. The molecular weight excluding hydrogens is 345 g/mol. The van der Waals surface area contributed by atoms with Crippen LogP contribution in [0.1, 0.15) is 13.3 Å². The molecule has 0 fully saturated rings. The molecule has 1 heterocycles. The van der Waals surface area contributed by atoms with Crippen molar-refractivity contribution in [3.05, 3.63) is 53.3 Å². The number of amides is 2. The van der Waals surface area contributed by atoms with E-state index in [2.05, 4.69) is 10.6 Å². The molecule has 0 radical (unpaired) electrons. The van der Waals surface area contributed by atoms with Crippen LogP contribution < -0.4 is 15.5 Å². The summed E-state index contributed by atoms with van der Waals surface area (Å²) in [7, 11) is 0. The average molecular weight is 362 g/mol. The van der Waals surface area contributed by atoms with E-state index in [1.54, 1.807) is 23.1 Å². The predicted octanol–water partition coefficient (Wildman–Crippen LogP) is 3.65. The van der Waals surface area contributed by atoms with Crippen molar-refractivity contribution in [3.63, 3.8) is 0 Å². The quantitative estimate of drug-likeness (QED) is 0.877. The molecular formula is C18H17ClFN3O2. The molecule has 0 aliphatic carbocycles. The van der Waals surface area contributed by atoms with Gasteiger partial charge < -0.3 is 15.5 Å². The second-order valence-electron chi connectivity index (χ2n) is 5.86. The van der Waals surface area contributed by atoms with Crippen molar-refractivity contribution in [1.82, 2.24) is 0 Å². The summed E-state index contributed by atoms with van der Waals surface area (Å²) in [6.07, 6.45) is 0.206. The number of anilines is 3. The Bertz CT molecular complexity index is 828. The van der Waals surface area contributed by atoms with Gasteiger partial charge in [0.1, 0.15) is 5.82 Å². The van der Waals surface area contributed by atoms with Crippen LogP contribution in [0.25, 0.3) is 0 Å². The molecule has 0 saturated carbocycles. The fraction of sp³-hybridized carbons (Fsp3) is 0.222. The van der Waals surface area contributed by atoms with Gasteiger partial charge in [-0.2, -0.15) is 0 Å². The number of fused-ring (bicyclic) bond motifs is 1. The Morgan fingerprint density at radius 1 is 1.36 bits per heavy atom. The van der Waals surface area contributed by atoms with Gasteiger partial charge in [-0.1, -0.05) is 23.7 Å². The van der Waals surface area contributed by atoms with Gasteiger partial charge in [-0.25, -0.2) is 4.39 Å². The van der Waals surface area contributed by atoms with E-state index in [1.165, 1.54) is 18.2 Å². The summed E-state index contributed by atoms with van der Waals surface area (Å²) in [5.74, 6) is -0.789. The van der Waals surface area contributed by atoms with Crippen LogP contribution in [0, 0.1) is 5.82 Å². The highest BCUT2D eigenvalue weighted by molar-refractivity contribution is 6.33. The number of nitrogens with one attached hydrogen (secondary N) is 2. The van der Waals surface area contributed by atoms with Crippen LogP contribution in [0.5, 0.6) is 0 Å². The SMILES string of the molecule is C[C@H]1CC(=O)Nc2ccccc2N1C(=O)CNc1ccc(F)cc1Cl. The monoisotopic (exact) mass is 361 g/mol. The molecule has 1 aliphatic rings. The summed E-state index contributed by atoms with van der Waals surface area (Å²) < 4.78 is 13.1. The number of benzene rings is 2. The molecule has 1 aliphatic heterocycles. The van der Waals surface area contributed by atoms with Crippen LogP contribution in [0.3, 0.4) is 0 Å². The molecule has 3 rings (SSSR count). The van der Waals surface area contributed by atoms with Crippen LogP contribution in [-0.4, -0.2) is 24.4 Å². The fourth-order valence-electron chi connectivity index (χ4n) is 2.86. The standard InChI is InChI=1S/C18H17ClFN3O2/c1-11-8-17(24)22-15-4-2-3-5-16(15)23(11)18(25)10-21-14-7-6-12(20)9-13(14)19/h2-7,9,11,21H,8,10H2,1H3,(H,22,24)/t11-/m0/s1. The lowest BCUT2D eigenvalue weighted by Gasteiger charge is -2.28. The van der Waals surface area contributed by atoms with Crippen molar-refractivity contribution in [2.24, 2.45) is 0 Å². The van der Waals surface area contributed by atoms with Gasteiger partial charge in [0, 0.05) is 12.5 Å². The third kappa shape index (κ3) is 3.74. The largest absolute Gasteiger partial charge is 0.375 e.